The zero-order valence-electron chi connectivity index (χ0n) is 32.2. The van der Waals surface area contributed by atoms with E-state index in [1.54, 1.807) is 0 Å². The highest BCUT2D eigenvalue weighted by molar-refractivity contribution is 6.10. The van der Waals surface area contributed by atoms with Gasteiger partial charge in [0, 0.05) is 44.4 Å². The van der Waals surface area contributed by atoms with Crippen LogP contribution >= 0.6 is 0 Å². The Morgan fingerprint density at radius 3 is 1.46 bits per heavy atom. The van der Waals surface area contributed by atoms with Gasteiger partial charge in [-0.25, -0.2) is 0 Å². The van der Waals surface area contributed by atoms with E-state index < -0.39 is 0 Å². The molecule has 268 valence electrons. The van der Waals surface area contributed by atoms with Gasteiger partial charge < -0.3 is 9.47 Å². The molecule has 0 saturated heterocycles. The second-order valence-electron chi connectivity index (χ2n) is 16.6. The maximum absolute atomic E-state index is 2.46. The van der Waals surface area contributed by atoms with Gasteiger partial charge in [0.05, 0.1) is 11.0 Å². The number of fused-ring (bicyclic) bond motifs is 9. The summed E-state index contributed by atoms with van der Waals surface area (Å²) < 4.78 is 2.39. The van der Waals surface area contributed by atoms with Gasteiger partial charge >= 0.3 is 0 Å². The minimum absolute atomic E-state index is 0.0973. The molecule has 8 aromatic carbocycles. The highest BCUT2D eigenvalue weighted by Gasteiger charge is 2.37. The third kappa shape index (κ3) is 4.69. The molecule has 0 radical (unpaired) electrons. The number of nitrogens with zero attached hydrogens (tertiary/aromatic N) is 2. The molecule has 9 aromatic rings. The SMILES string of the molecule is CC1(C)c2ccccc2-c2ccc(N(c3ccc(-c4ccc5c6ccccc6n(-c6ccccc6)c5c4)cc3)c3ccc4c(c3)C(C)(C)c3ccccc3-4)cc21. The van der Waals surface area contributed by atoms with E-state index in [0.717, 1.165) is 5.69 Å². The third-order valence-corrected chi connectivity index (χ3v) is 12.8. The Balaban J connectivity index is 1.05. The number of aromatic nitrogens is 1. The van der Waals surface area contributed by atoms with Gasteiger partial charge in [0.1, 0.15) is 0 Å². The largest absolute Gasteiger partial charge is 0.310 e. The van der Waals surface area contributed by atoms with E-state index in [4.69, 9.17) is 0 Å². The van der Waals surface area contributed by atoms with E-state index >= 15 is 0 Å². The van der Waals surface area contributed by atoms with Crippen LogP contribution in [0, 0.1) is 0 Å². The van der Waals surface area contributed by atoms with Gasteiger partial charge in [-0.05, 0) is 116 Å². The summed E-state index contributed by atoms with van der Waals surface area (Å²) >= 11 is 0. The average Bonchev–Trinajstić information content (AvgIpc) is 3.78. The molecule has 0 unspecified atom stereocenters. The quantitative estimate of drug-likeness (QED) is 0.172. The number of hydrogen-bond donors (Lipinski definition) is 0. The van der Waals surface area contributed by atoms with Crippen LogP contribution in [0.1, 0.15) is 49.9 Å². The molecule has 56 heavy (non-hydrogen) atoms. The summed E-state index contributed by atoms with van der Waals surface area (Å²) in [6.07, 6.45) is 0. The summed E-state index contributed by atoms with van der Waals surface area (Å²) in [6.45, 7) is 9.46. The first-order valence-electron chi connectivity index (χ1n) is 19.8. The maximum Gasteiger partial charge on any atom is 0.0547 e. The monoisotopic (exact) mass is 718 g/mol. The molecule has 1 aromatic heterocycles. The zero-order chi connectivity index (χ0) is 37.8. The lowest BCUT2D eigenvalue weighted by Crippen LogP contribution is -2.18. The number of rotatable bonds is 5. The molecule has 0 saturated carbocycles. The van der Waals surface area contributed by atoms with Crippen molar-refractivity contribution in [3.8, 4) is 39.1 Å². The average molecular weight is 719 g/mol. The molecule has 11 rings (SSSR count). The van der Waals surface area contributed by atoms with Crippen LogP contribution in [0.3, 0.4) is 0 Å². The summed E-state index contributed by atoms with van der Waals surface area (Å²) in [5, 5.41) is 2.53. The number of benzene rings is 8. The summed E-state index contributed by atoms with van der Waals surface area (Å²) in [7, 11) is 0. The fraction of sp³-hybridized carbons (Fsp3) is 0.111. The van der Waals surface area contributed by atoms with Crippen LogP contribution in [-0.4, -0.2) is 4.57 Å². The smallest absolute Gasteiger partial charge is 0.0547 e. The molecule has 0 aliphatic heterocycles. The Morgan fingerprint density at radius 1 is 0.357 bits per heavy atom. The summed E-state index contributed by atoms with van der Waals surface area (Å²) in [6, 6.07) is 67.5. The molecule has 2 nitrogen and oxygen atoms in total. The van der Waals surface area contributed by atoms with Crippen molar-refractivity contribution in [1.82, 2.24) is 4.57 Å². The number of para-hydroxylation sites is 2. The molecule has 0 N–H and O–H groups in total. The van der Waals surface area contributed by atoms with Crippen molar-refractivity contribution in [1.29, 1.82) is 0 Å². The van der Waals surface area contributed by atoms with E-state index in [-0.39, 0.29) is 10.8 Å². The number of hydrogen-bond acceptors (Lipinski definition) is 1. The molecular formula is C54H42N2. The van der Waals surface area contributed by atoms with Crippen molar-refractivity contribution in [3.05, 3.63) is 204 Å². The standard InChI is InChI=1S/C54H42N2/c1-53(2)47-19-11-8-16-41(47)43-30-27-39(33-49(43)53)55(40-28-31-44-42-17-9-12-20-48(42)54(3,4)50(44)34-40)38-25-22-35(23-26-38)36-24-29-46-45-18-10-13-21-51(45)56(52(46)32-36)37-14-6-5-7-15-37/h5-34H,1-4H3. The second kappa shape index (κ2) is 11.9. The van der Waals surface area contributed by atoms with E-state index in [0.29, 0.717) is 0 Å². The first kappa shape index (κ1) is 32.8. The minimum atomic E-state index is -0.0973. The summed E-state index contributed by atoms with van der Waals surface area (Å²) in [4.78, 5) is 2.46. The Labute approximate surface area is 328 Å². The van der Waals surface area contributed by atoms with E-state index in [1.165, 1.54) is 94.5 Å². The molecule has 0 fully saturated rings. The van der Waals surface area contributed by atoms with Crippen LogP contribution in [0.2, 0.25) is 0 Å². The van der Waals surface area contributed by atoms with Crippen molar-refractivity contribution in [2.24, 2.45) is 0 Å². The van der Waals surface area contributed by atoms with Crippen LogP contribution < -0.4 is 4.90 Å². The molecule has 0 bridgehead atoms. The minimum Gasteiger partial charge on any atom is -0.310 e. The fourth-order valence-corrected chi connectivity index (χ4v) is 9.92. The van der Waals surface area contributed by atoms with E-state index in [9.17, 15) is 0 Å². The normalized spacial score (nSPS) is 14.4. The predicted octanol–water partition coefficient (Wildman–Crippen LogP) is 14.5. The Hall–Kier alpha value is -6.64. The van der Waals surface area contributed by atoms with Crippen LogP contribution in [-0.2, 0) is 10.8 Å². The van der Waals surface area contributed by atoms with Gasteiger partial charge in [0.2, 0.25) is 0 Å². The number of anilines is 3. The lowest BCUT2D eigenvalue weighted by molar-refractivity contribution is 0.660. The van der Waals surface area contributed by atoms with Crippen molar-refractivity contribution in [3.63, 3.8) is 0 Å². The van der Waals surface area contributed by atoms with Crippen molar-refractivity contribution in [2.45, 2.75) is 38.5 Å². The van der Waals surface area contributed by atoms with Crippen LogP contribution in [0.15, 0.2) is 182 Å². The topological polar surface area (TPSA) is 8.17 Å². The molecule has 0 amide bonds. The lowest BCUT2D eigenvalue weighted by atomic mass is 9.82. The second-order valence-corrected chi connectivity index (χ2v) is 16.6. The molecule has 2 aliphatic carbocycles. The summed E-state index contributed by atoms with van der Waals surface area (Å²) in [5.74, 6) is 0. The molecule has 0 atom stereocenters. The lowest BCUT2D eigenvalue weighted by Gasteiger charge is -2.30. The van der Waals surface area contributed by atoms with Gasteiger partial charge in [-0.3, -0.25) is 0 Å². The van der Waals surface area contributed by atoms with E-state index in [2.05, 4.69) is 219 Å². The maximum atomic E-state index is 2.46. The molecular weight excluding hydrogens is 677 g/mol. The molecule has 0 spiro atoms. The van der Waals surface area contributed by atoms with Gasteiger partial charge in [0.25, 0.3) is 0 Å². The Kier molecular flexibility index (Phi) is 6.98. The predicted molar refractivity (Wildman–Crippen MR) is 236 cm³/mol. The third-order valence-electron chi connectivity index (χ3n) is 12.8. The molecule has 2 heteroatoms. The Morgan fingerprint density at radius 2 is 0.839 bits per heavy atom. The van der Waals surface area contributed by atoms with Crippen molar-refractivity contribution in [2.75, 3.05) is 4.90 Å². The van der Waals surface area contributed by atoms with Crippen molar-refractivity contribution >= 4 is 38.9 Å². The highest BCUT2D eigenvalue weighted by Crippen LogP contribution is 2.53. The van der Waals surface area contributed by atoms with Gasteiger partial charge in [-0.2, -0.15) is 0 Å². The first-order valence-corrected chi connectivity index (χ1v) is 19.8. The van der Waals surface area contributed by atoms with Gasteiger partial charge in [0.15, 0.2) is 0 Å². The highest BCUT2D eigenvalue weighted by atomic mass is 15.1. The first-order chi connectivity index (χ1) is 27.3. The molecule has 1 heterocycles. The van der Waals surface area contributed by atoms with Crippen LogP contribution in [0.25, 0.3) is 60.9 Å². The van der Waals surface area contributed by atoms with Crippen molar-refractivity contribution < 1.29 is 0 Å². The zero-order valence-corrected chi connectivity index (χ0v) is 32.2. The molecule has 2 aliphatic rings. The Bertz CT molecular complexity index is 2910. The summed E-state index contributed by atoms with van der Waals surface area (Å²) in [5.41, 5.74) is 20.1. The fourth-order valence-electron chi connectivity index (χ4n) is 9.92. The van der Waals surface area contributed by atoms with E-state index in [1.807, 2.05) is 0 Å². The van der Waals surface area contributed by atoms with Gasteiger partial charge in [-0.1, -0.05) is 149 Å². The van der Waals surface area contributed by atoms with Crippen LogP contribution in [0.4, 0.5) is 17.1 Å². The van der Waals surface area contributed by atoms with Crippen LogP contribution in [0.5, 0.6) is 0 Å². The van der Waals surface area contributed by atoms with Gasteiger partial charge in [-0.15, -0.1) is 0 Å².